The molecule has 0 radical (unpaired) electrons. The van der Waals surface area contributed by atoms with Crippen LogP contribution in [-0.2, 0) is 17.4 Å². The maximum absolute atomic E-state index is 4.81. The van der Waals surface area contributed by atoms with E-state index in [4.69, 9.17) is 6.58 Å². The van der Waals surface area contributed by atoms with Crippen molar-refractivity contribution in [1.82, 2.24) is 0 Å². The molecule has 2 nitrogen and oxygen atoms in total. The molecule has 0 bridgehead atoms. The van der Waals surface area contributed by atoms with Gasteiger partial charge in [0.25, 0.3) is 0 Å². The molecule has 0 spiro atoms. The molecule has 2 aromatic heterocycles. The van der Waals surface area contributed by atoms with Crippen LogP contribution in [0.25, 0.3) is 39.3 Å². The quantitative estimate of drug-likeness (QED) is 0.198. The van der Waals surface area contributed by atoms with Gasteiger partial charge in [0.2, 0.25) is 11.4 Å². The van der Waals surface area contributed by atoms with E-state index in [1.165, 1.54) is 50.3 Å². The molecular weight excluding hydrogens is 484 g/mol. The van der Waals surface area contributed by atoms with Gasteiger partial charge in [0.1, 0.15) is 0 Å². The minimum Gasteiger partial charge on any atom is -0.192 e. The number of hydrogen-bond acceptors (Lipinski definition) is 0. The van der Waals surface area contributed by atoms with E-state index in [0.717, 1.165) is 25.0 Å². The Hall–Kier alpha value is -4.30. The monoisotopic (exact) mass is 520 g/mol. The van der Waals surface area contributed by atoms with E-state index >= 15 is 0 Å². The largest absolute Gasteiger partial charge is 0.218 e. The molecule has 0 aliphatic carbocycles. The number of nitrogens with zero attached hydrogens (tertiary/aromatic N) is 2. The number of fused-ring (bicyclic) bond motifs is 9. The Morgan fingerprint density at radius 2 is 1.40 bits per heavy atom. The summed E-state index contributed by atoms with van der Waals surface area (Å²) in [5.74, 6) is 0. The second-order valence-corrected chi connectivity index (χ2v) is 12.0. The maximum atomic E-state index is 4.81. The van der Waals surface area contributed by atoms with E-state index in [2.05, 4.69) is 145 Å². The van der Waals surface area contributed by atoms with Gasteiger partial charge in [0, 0.05) is 36.2 Å². The number of benzene rings is 3. The molecule has 0 amide bonds. The number of aromatic nitrogens is 2. The molecule has 7 rings (SSSR count). The van der Waals surface area contributed by atoms with Crippen LogP contribution in [0.1, 0.15) is 43.4 Å². The fourth-order valence-electron chi connectivity index (χ4n) is 7.41. The van der Waals surface area contributed by atoms with Gasteiger partial charge in [-0.05, 0) is 79.8 Å². The van der Waals surface area contributed by atoms with Crippen LogP contribution in [0.15, 0.2) is 122 Å². The minimum absolute atomic E-state index is 0.107. The molecule has 5 aromatic rings. The SMILES string of the molecule is C=C1CC2(C)[n+]3ccccc3-c3ccccc3C2(C)CCc2ccccc2-c2ccc(-c3ccccc3C)c[n+]21. The average Bonchev–Trinajstić information content (AvgIpc) is 2.99. The highest BCUT2D eigenvalue weighted by molar-refractivity contribution is 5.70. The smallest absolute Gasteiger partial charge is 0.192 e. The highest BCUT2D eigenvalue weighted by Gasteiger charge is 2.59. The second kappa shape index (κ2) is 9.13. The van der Waals surface area contributed by atoms with E-state index in [-0.39, 0.29) is 11.0 Å². The summed E-state index contributed by atoms with van der Waals surface area (Å²) in [5.41, 5.74) is 12.5. The Kier molecular flexibility index (Phi) is 5.64. The Bertz CT molecular complexity index is 1800. The van der Waals surface area contributed by atoms with Gasteiger partial charge < -0.3 is 0 Å². The number of rotatable bonds is 1. The average molecular weight is 521 g/mol. The molecule has 2 heteroatoms. The van der Waals surface area contributed by atoms with Crippen molar-refractivity contribution in [3.63, 3.8) is 0 Å². The van der Waals surface area contributed by atoms with Crippen molar-refractivity contribution in [1.29, 1.82) is 0 Å². The lowest BCUT2D eigenvalue weighted by molar-refractivity contribution is -0.766. The molecule has 196 valence electrons. The van der Waals surface area contributed by atoms with Crippen LogP contribution < -0.4 is 9.13 Å². The van der Waals surface area contributed by atoms with Crippen molar-refractivity contribution in [2.24, 2.45) is 0 Å². The van der Waals surface area contributed by atoms with Gasteiger partial charge in [0.15, 0.2) is 23.6 Å². The molecule has 4 heterocycles. The van der Waals surface area contributed by atoms with Crippen molar-refractivity contribution < 1.29 is 9.13 Å². The van der Waals surface area contributed by atoms with Gasteiger partial charge >= 0.3 is 0 Å². The fourth-order valence-corrected chi connectivity index (χ4v) is 7.41. The van der Waals surface area contributed by atoms with Gasteiger partial charge in [-0.1, -0.05) is 60.7 Å². The summed E-state index contributed by atoms with van der Waals surface area (Å²) in [4.78, 5) is 0. The summed E-state index contributed by atoms with van der Waals surface area (Å²) < 4.78 is 4.92. The first kappa shape index (κ1) is 24.7. The molecule has 2 atom stereocenters. The maximum Gasteiger partial charge on any atom is 0.218 e. The fraction of sp³-hybridized carbons (Fsp3) is 0.211. The van der Waals surface area contributed by atoms with E-state index < -0.39 is 0 Å². The third kappa shape index (κ3) is 3.55. The summed E-state index contributed by atoms with van der Waals surface area (Å²) in [5, 5.41) is 0. The van der Waals surface area contributed by atoms with Crippen LogP contribution in [0.2, 0.25) is 0 Å². The summed E-state index contributed by atoms with van der Waals surface area (Å²) >= 11 is 0. The first-order valence-electron chi connectivity index (χ1n) is 14.4. The lowest BCUT2D eigenvalue weighted by atomic mass is 9.59. The van der Waals surface area contributed by atoms with Crippen molar-refractivity contribution in [2.45, 2.75) is 51.0 Å². The first-order valence-corrected chi connectivity index (χ1v) is 14.4. The van der Waals surface area contributed by atoms with Gasteiger partial charge in [0.05, 0.1) is 17.4 Å². The molecule has 0 fully saturated rings. The van der Waals surface area contributed by atoms with Crippen molar-refractivity contribution in [3.05, 3.63) is 139 Å². The Labute approximate surface area is 237 Å². The van der Waals surface area contributed by atoms with Crippen LogP contribution in [0.5, 0.6) is 0 Å². The van der Waals surface area contributed by atoms with E-state index in [1.807, 2.05) is 0 Å². The summed E-state index contributed by atoms with van der Waals surface area (Å²) in [6.45, 7) is 11.9. The van der Waals surface area contributed by atoms with Crippen LogP contribution in [-0.4, -0.2) is 0 Å². The van der Waals surface area contributed by atoms with Crippen LogP contribution in [0.3, 0.4) is 0 Å². The van der Waals surface area contributed by atoms with Crippen molar-refractivity contribution in [3.8, 4) is 33.6 Å². The summed E-state index contributed by atoms with van der Waals surface area (Å²) in [7, 11) is 0. The predicted octanol–water partition coefficient (Wildman–Crippen LogP) is 8.06. The highest BCUT2D eigenvalue weighted by atomic mass is 15.1. The van der Waals surface area contributed by atoms with Crippen LogP contribution in [0.4, 0.5) is 0 Å². The molecule has 0 N–H and O–H groups in total. The van der Waals surface area contributed by atoms with Crippen LogP contribution >= 0.6 is 0 Å². The zero-order valence-electron chi connectivity index (χ0n) is 23.7. The normalized spacial score (nSPS) is 21.3. The molecule has 2 aliphatic rings. The molecule has 2 aliphatic heterocycles. The second-order valence-electron chi connectivity index (χ2n) is 12.0. The Morgan fingerprint density at radius 1 is 0.700 bits per heavy atom. The standard InChI is InChI=1S/C38H36N2/c1-27-13-5-7-15-31(27)30-20-21-35-32-16-8-6-14-29(32)22-23-37(3)34-18-10-9-17-33(34)36-19-11-12-24-40(36)38(37,4)25-28(2)39(35)26-30/h5-21,24,26H,2,22-23,25H2,1,3-4H3/q+2. The predicted molar refractivity (Wildman–Crippen MR) is 164 cm³/mol. The van der Waals surface area contributed by atoms with Crippen molar-refractivity contribution in [2.75, 3.05) is 0 Å². The third-order valence-electron chi connectivity index (χ3n) is 9.86. The molecule has 2 unspecified atom stereocenters. The van der Waals surface area contributed by atoms with E-state index in [1.54, 1.807) is 0 Å². The lowest BCUT2D eigenvalue weighted by Crippen LogP contribution is -2.68. The zero-order chi connectivity index (χ0) is 27.5. The number of pyridine rings is 2. The lowest BCUT2D eigenvalue weighted by Gasteiger charge is -2.46. The molecule has 0 saturated heterocycles. The Balaban J connectivity index is 1.49. The molecule has 0 saturated carbocycles. The number of allylic oxidation sites excluding steroid dienone is 1. The van der Waals surface area contributed by atoms with Crippen LogP contribution in [0, 0.1) is 6.92 Å². The highest BCUT2D eigenvalue weighted by Crippen LogP contribution is 2.51. The Morgan fingerprint density at radius 3 is 2.23 bits per heavy atom. The van der Waals surface area contributed by atoms with E-state index in [0.29, 0.717) is 0 Å². The molecule has 3 aromatic carbocycles. The minimum atomic E-state index is -0.218. The summed E-state index contributed by atoms with van der Waals surface area (Å²) in [6, 6.07) is 37.8. The third-order valence-corrected chi connectivity index (χ3v) is 9.86. The van der Waals surface area contributed by atoms with Crippen molar-refractivity contribution >= 4 is 5.70 Å². The molecular formula is C38H36N2+2. The zero-order valence-corrected chi connectivity index (χ0v) is 23.7. The van der Waals surface area contributed by atoms with Gasteiger partial charge in [-0.3, -0.25) is 0 Å². The number of aryl methyl sites for hydroxylation is 2. The summed E-state index contributed by atoms with van der Waals surface area (Å²) in [6.07, 6.45) is 7.48. The van der Waals surface area contributed by atoms with Gasteiger partial charge in [-0.2, -0.15) is 9.13 Å². The van der Waals surface area contributed by atoms with Gasteiger partial charge in [-0.15, -0.1) is 0 Å². The molecule has 40 heavy (non-hydrogen) atoms. The first-order chi connectivity index (χ1) is 19.4. The number of hydrogen-bond donors (Lipinski definition) is 0. The van der Waals surface area contributed by atoms with E-state index in [9.17, 15) is 0 Å². The van der Waals surface area contributed by atoms with Gasteiger partial charge in [-0.25, -0.2) is 0 Å². The topological polar surface area (TPSA) is 7.76 Å².